The van der Waals surface area contributed by atoms with Crippen molar-refractivity contribution in [2.75, 3.05) is 12.3 Å². The molecule has 2 aromatic heterocycles. The summed E-state index contributed by atoms with van der Waals surface area (Å²) in [7, 11) is 1.87. The number of hydrogen-bond donors (Lipinski definition) is 2. The fourth-order valence-corrected chi connectivity index (χ4v) is 1.74. The molecule has 0 saturated carbocycles. The lowest BCUT2D eigenvalue weighted by atomic mass is 10.2. The van der Waals surface area contributed by atoms with Crippen LogP contribution in [0.1, 0.15) is 46.6 Å². The minimum atomic E-state index is -0.0185. The zero-order valence-electron chi connectivity index (χ0n) is 14.9. The summed E-state index contributed by atoms with van der Waals surface area (Å²) in [6, 6.07) is 0. The van der Waals surface area contributed by atoms with Crippen molar-refractivity contribution in [3.8, 4) is 11.8 Å². The number of amides is 1. The van der Waals surface area contributed by atoms with E-state index in [1.165, 1.54) is 6.33 Å². The first-order valence-corrected chi connectivity index (χ1v) is 7.94. The van der Waals surface area contributed by atoms with Gasteiger partial charge in [0.2, 0.25) is 5.91 Å². The van der Waals surface area contributed by atoms with E-state index in [0.717, 1.165) is 16.6 Å². The normalized spacial score (nSPS) is 8.78. The maximum atomic E-state index is 11.1. The number of hydrogen-bond acceptors (Lipinski definition) is 4. The maximum absolute atomic E-state index is 11.1. The van der Waals surface area contributed by atoms with Gasteiger partial charge in [-0.2, -0.15) is 0 Å². The Balaban J connectivity index is 0.00000112. The molecule has 0 aromatic carbocycles. The Morgan fingerprint density at radius 1 is 1.30 bits per heavy atom. The Labute approximate surface area is 138 Å². The highest BCUT2D eigenvalue weighted by Crippen LogP contribution is 2.21. The lowest BCUT2D eigenvalue weighted by Gasteiger charge is -1.96. The number of carbonyl (C=O) groups excluding carboxylic acids is 1. The predicted octanol–water partition coefficient (Wildman–Crippen LogP) is 2.48. The molecule has 23 heavy (non-hydrogen) atoms. The molecule has 3 N–H and O–H groups in total. The van der Waals surface area contributed by atoms with Crippen molar-refractivity contribution in [2.45, 2.75) is 41.0 Å². The average Bonchev–Trinajstić information content (AvgIpc) is 2.92. The molecule has 6 heteroatoms. The predicted molar refractivity (Wildman–Crippen MR) is 95.8 cm³/mol. The number of anilines is 1. The smallest absolute Gasteiger partial charge is 0.220 e. The zero-order valence-corrected chi connectivity index (χ0v) is 14.9. The van der Waals surface area contributed by atoms with Crippen LogP contribution in [0, 0.1) is 11.8 Å². The molecular weight excluding hydrogens is 290 g/mol. The second kappa shape index (κ2) is 11.1. The fourth-order valence-electron chi connectivity index (χ4n) is 1.74. The van der Waals surface area contributed by atoms with E-state index < -0.39 is 0 Å². The van der Waals surface area contributed by atoms with Gasteiger partial charge in [0, 0.05) is 19.7 Å². The van der Waals surface area contributed by atoms with Crippen LogP contribution in [0.25, 0.3) is 11.0 Å². The molecule has 0 saturated heterocycles. The van der Waals surface area contributed by atoms with Gasteiger partial charge in [0.05, 0.1) is 17.5 Å². The number of aromatic nitrogens is 3. The fraction of sp³-hybridized carbons (Fsp3) is 0.471. The van der Waals surface area contributed by atoms with E-state index in [9.17, 15) is 4.79 Å². The lowest BCUT2D eigenvalue weighted by Crippen LogP contribution is -2.22. The largest absolute Gasteiger partial charge is 0.383 e. The summed E-state index contributed by atoms with van der Waals surface area (Å²) in [5.41, 5.74) is 7.35. The molecule has 0 spiro atoms. The number of nitrogens with one attached hydrogen (secondary N) is 1. The number of aryl methyl sites for hydroxylation is 1. The van der Waals surface area contributed by atoms with Gasteiger partial charge in [0.1, 0.15) is 17.8 Å². The van der Waals surface area contributed by atoms with Gasteiger partial charge in [-0.15, -0.1) is 0 Å². The Bertz CT molecular complexity index is 679. The van der Waals surface area contributed by atoms with Crippen molar-refractivity contribution in [3.05, 3.63) is 18.1 Å². The van der Waals surface area contributed by atoms with Gasteiger partial charge in [-0.25, -0.2) is 9.97 Å². The van der Waals surface area contributed by atoms with Crippen LogP contribution >= 0.6 is 0 Å². The first-order chi connectivity index (χ1) is 11.1. The second-order valence-electron chi connectivity index (χ2n) is 4.04. The molecule has 2 aromatic rings. The summed E-state index contributed by atoms with van der Waals surface area (Å²) >= 11 is 0. The minimum Gasteiger partial charge on any atom is -0.383 e. The van der Waals surface area contributed by atoms with Gasteiger partial charge in [-0.05, 0) is 0 Å². The Morgan fingerprint density at radius 3 is 2.57 bits per heavy atom. The van der Waals surface area contributed by atoms with E-state index in [1.807, 2.05) is 45.5 Å². The van der Waals surface area contributed by atoms with Crippen LogP contribution in [-0.2, 0) is 11.8 Å². The topological polar surface area (TPSA) is 85.8 Å². The lowest BCUT2D eigenvalue weighted by molar-refractivity contribution is -0.120. The molecular formula is C17H27N5O. The highest BCUT2D eigenvalue weighted by molar-refractivity contribution is 5.92. The Morgan fingerprint density at radius 2 is 1.96 bits per heavy atom. The van der Waals surface area contributed by atoms with Crippen LogP contribution < -0.4 is 11.1 Å². The quantitative estimate of drug-likeness (QED) is 0.833. The van der Waals surface area contributed by atoms with Gasteiger partial charge in [-0.1, -0.05) is 46.5 Å². The summed E-state index contributed by atoms with van der Waals surface area (Å²) in [5.74, 6) is 6.27. The van der Waals surface area contributed by atoms with Crippen LogP contribution in [0.4, 0.5) is 5.82 Å². The molecule has 2 heterocycles. The third-order valence-electron chi connectivity index (χ3n) is 2.70. The van der Waals surface area contributed by atoms with Crippen molar-refractivity contribution in [1.29, 1.82) is 0 Å². The second-order valence-corrected chi connectivity index (χ2v) is 4.04. The van der Waals surface area contributed by atoms with Crippen LogP contribution in [0.5, 0.6) is 0 Å². The molecule has 0 radical (unpaired) electrons. The third-order valence-corrected chi connectivity index (χ3v) is 2.70. The van der Waals surface area contributed by atoms with Crippen molar-refractivity contribution >= 4 is 22.8 Å². The maximum Gasteiger partial charge on any atom is 0.220 e. The van der Waals surface area contributed by atoms with Gasteiger partial charge in [0.15, 0.2) is 0 Å². The van der Waals surface area contributed by atoms with E-state index >= 15 is 0 Å². The summed E-state index contributed by atoms with van der Waals surface area (Å²) < 4.78 is 1.85. The molecule has 0 fully saturated rings. The van der Waals surface area contributed by atoms with Gasteiger partial charge >= 0.3 is 0 Å². The molecule has 0 aliphatic heterocycles. The highest BCUT2D eigenvalue weighted by Gasteiger charge is 2.09. The van der Waals surface area contributed by atoms with Crippen LogP contribution in [0.2, 0.25) is 0 Å². The first kappa shape index (κ1) is 20.5. The number of nitrogens with two attached hydrogens (primary N) is 1. The van der Waals surface area contributed by atoms with Crippen LogP contribution in [-0.4, -0.2) is 27.0 Å². The SMILES string of the molecule is CC.CC.CCC(=O)NCC#Cc1cn(C)c2ncnc(N)c12. The molecule has 0 atom stereocenters. The van der Waals surface area contributed by atoms with Crippen molar-refractivity contribution < 1.29 is 4.79 Å². The number of fused-ring (bicyclic) bond motifs is 1. The van der Waals surface area contributed by atoms with Gasteiger partial charge < -0.3 is 15.6 Å². The van der Waals surface area contributed by atoms with Gasteiger partial charge in [0.25, 0.3) is 0 Å². The Hall–Kier alpha value is -2.55. The summed E-state index contributed by atoms with van der Waals surface area (Å²) in [5, 5.41) is 3.44. The molecule has 1 amide bonds. The van der Waals surface area contributed by atoms with Crippen LogP contribution in [0.3, 0.4) is 0 Å². The molecule has 6 nitrogen and oxygen atoms in total. The standard InChI is InChI=1S/C13H15N5O.2C2H6/c1-3-10(19)15-6-4-5-9-7-18(2)13-11(9)12(14)16-8-17-13;2*1-2/h7-8H,3,6H2,1-2H3,(H,15,19)(H2,14,16,17);2*1-2H3. The Kier molecular flexibility index (Phi) is 9.85. The van der Waals surface area contributed by atoms with Crippen molar-refractivity contribution in [1.82, 2.24) is 19.9 Å². The first-order valence-electron chi connectivity index (χ1n) is 7.94. The minimum absolute atomic E-state index is 0.0185. The third kappa shape index (κ3) is 5.62. The van der Waals surface area contributed by atoms with Crippen LogP contribution in [0.15, 0.2) is 12.5 Å². The number of nitrogen functional groups attached to an aromatic ring is 1. The van der Waals surface area contributed by atoms with E-state index in [2.05, 4.69) is 27.1 Å². The molecule has 0 aliphatic carbocycles. The van der Waals surface area contributed by atoms with E-state index in [-0.39, 0.29) is 5.91 Å². The monoisotopic (exact) mass is 317 g/mol. The molecule has 0 bridgehead atoms. The van der Waals surface area contributed by atoms with E-state index in [0.29, 0.717) is 18.8 Å². The summed E-state index contributed by atoms with van der Waals surface area (Å²) in [4.78, 5) is 19.2. The molecule has 0 aliphatic rings. The number of carbonyl (C=O) groups is 1. The molecule has 0 unspecified atom stereocenters. The summed E-state index contributed by atoms with van der Waals surface area (Å²) in [6.45, 7) is 10.1. The number of rotatable bonds is 2. The molecule has 126 valence electrons. The van der Waals surface area contributed by atoms with Crippen molar-refractivity contribution in [3.63, 3.8) is 0 Å². The molecule has 2 rings (SSSR count). The highest BCUT2D eigenvalue weighted by atomic mass is 16.1. The van der Waals surface area contributed by atoms with Gasteiger partial charge in [-0.3, -0.25) is 4.79 Å². The zero-order chi connectivity index (χ0) is 17.8. The number of nitrogens with zero attached hydrogens (tertiary/aromatic N) is 3. The average molecular weight is 317 g/mol. The van der Waals surface area contributed by atoms with E-state index in [1.54, 1.807) is 6.92 Å². The van der Waals surface area contributed by atoms with E-state index in [4.69, 9.17) is 5.73 Å². The van der Waals surface area contributed by atoms with Crippen molar-refractivity contribution in [2.24, 2.45) is 7.05 Å². The summed E-state index contributed by atoms with van der Waals surface area (Å²) in [6.07, 6.45) is 3.73.